The number of para-hydroxylation sites is 1. The quantitative estimate of drug-likeness (QED) is 0.336. The summed E-state index contributed by atoms with van der Waals surface area (Å²) in [6, 6.07) is 10.1. The lowest BCUT2D eigenvalue weighted by atomic mass is 10.2. The summed E-state index contributed by atoms with van der Waals surface area (Å²) >= 11 is 0. The Kier molecular flexibility index (Phi) is 8.07. The second kappa shape index (κ2) is 12.0. The Balaban J connectivity index is 1.27. The zero-order chi connectivity index (χ0) is 28.9. The number of aromatic amines is 1. The van der Waals surface area contributed by atoms with Crippen LogP contribution >= 0.6 is 0 Å². The molecule has 0 bridgehead atoms. The van der Waals surface area contributed by atoms with E-state index in [0.717, 1.165) is 6.42 Å². The van der Waals surface area contributed by atoms with Crippen LogP contribution in [-0.4, -0.2) is 119 Å². The van der Waals surface area contributed by atoms with E-state index in [-0.39, 0.29) is 62.2 Å². The van der Waals surface area contributed by atoms with E-state index in [1.807, 2.05) is 6.07 Å². The second-order valence-corrected chi connectivity index (χ2v) is 9.67. The monoisotopic (exact) mass is 566 g/mol. The van der Waals surface area contributed by atoms with Crippen molar-refractivity contribution >= 4 is 23.8 Å². The molecular formula is C25H30N10O6. The van der Waals surface area contributed by atoms with Gasteiger partial charge in [-0.05, 0) is 31.9 Å². The van der Waals surface area contributed by atoms with Crippen molar-refractivity contribution in [3.8, 4) is 11.6 Å². The summed E-state index contributed by atoms with van der Waals surface area (Å²) in [5.74, 6) is -0.581. The normalized spacial score (nSPS) is 17.8. The minimum atomic E-state index is -1.03. The van der Waals surface area contributed by atoms with Gasteiger partial charge in [-0.3, -0.25) is 14.4 Å². The van der Waals surface area contributed by atoms with E-state index in [4.69, 9.17) is 9.84 Å². The Morgan fingerprint density at radius 2 is 1.83 bits per heavy atom. The molecule has 2 fully saturated rings. The number of hydrogen-bond acceptors (Lipinski definition) is 9. The van der Waals surface area contributed by atoms with Crippen LogP contribution in [0.3, 0.4) is 0 Å². The van der Waals surface area contributed by atoms with Gasteiger partial charge in [-0.2, -0.15) is 10.3 Å². The van der Waals surface area contributed by atoms with Gasteiger partial charge in [0, 0.05) is 38.8 Å². The largest absolute Gasteiger partial charge is 0.465 e. The van der Waals surface area contributed by atoms with E-state index in [9.17, 15) is 19.2 Å². The number of amides is 4. The molecule has 4 amide bonds. The zero-order valence-electron chi connectivity index (χ0n) is 22.3. The third kappa shape index (κ3) is 6.10. The lowest BCUT2D eigenvalue weighted by Crippen LogP contribution is -2.52. The summed E-state index contributed by atoms with van der Waals surface area (Å²) in [5.41, 5.74) is 0.609. The molecule has 0 aliphatic carbocycles. The molecular weight excluding hydrogens is 536 g/mol. The van der Waals surface area contributed by atoms with Gasteiger partial charge in [-0.15, -0.1) is 10.2 Å². The molecule has 16 nitrogen and oxygen atoms in total. The van der Waals surface area contributed by atoms with E-state index in [2.05, 4.69) is 31.0 Å². The molecule has 216 valence electrons. The number of rotatable bonds is 8. The third-order valence-electron chi connectivity index (χ3n) is 7.05. The number of nitrogens with zero attached hydrogens (tertiary/aromatic N) is 8. The van der Waals surface area contributed by atoms with Crippen LogP contribution in [0.1, 0.15) is 42.1 Å². The van der Waals surface area contributed by atoms with Crippen LogP contribution in [0.25, 0.3) is 5.69 Å². The number of carbonyl (C=O) groups is 4. The van der Waals surface area contributed by atoms with Crippen molar-refractivity contribution < 1.29 is 29.0 Å². The Morgan fingerprint density at radius 1 is 1.10 bits per heavy atom. The van der Waals surface area contributed by atoms with Crippen LogP contribution in [0.5, 0.6) is 5.88 Å². The molecule has 2 saturated heterocycles. The van der Waals surface area contributed by atoms with Crippen LogP contribution < -0.4 is 10.1 Å². The second-order valence-electron chi connectivity index (χ2n) is 9.67. The van der Waals surface area contributed by atoms with Gasteiger partial charge in [0.1, 0.15) is 0 Å². The van der Waals surface area contributed by atoms with E-state index in [0.29, 0.717) is 24.5 Å². The van der Waals surface area contributed by atoms with Gasteiger partial charge in [-0.1, -0.05) is 23.4 Å². The number of piperazine rings is 1. The number of nitrogens with one attached hydrogen (secondary N) is 2. The molecule has 0 saturated carbocycles. The van der Waals surface area contributed by atoms with E-state index in [1.165, 1.54) is 20.5 Å². The van der Waals surface area contributed by atoms with Gasteiger partial charge in [0.25, 0.3) is 11.8 Å². The van der Waals surface area contributed by atoms with E-state index >= 15 is 0 Å². The van der Waals surface area contributed by atoms with Crippen molar-refractivity contribution in [3.63, 3.8) is 0 Å². The van der Waals surface area contributed by atoms with Gasteiger partial charge in [0.15, 0.2) is 17.6 Å². The van der Waals surface area contributed by atoms with Crippen molar-refractivity contribution in [2.75, 3.05) is 39.3 Å². The summed E-state index contributed by atoms with van der Waals surface area (Å²) < 4.78 is 7.48. The summed E-state index contributed by atoms with van der Waals surface area (Å²) in [6.45, 7) is 2.79. The summed E-state index contributed by atoms with van der Waals surface area (Å²) in [4.78, 5) is 54.4. The van der Waals surface area contributed by atoms with Crippen molar-refractivity contribution in [2.45, 2.75) is 31.9 Å². The fraction of sp³-hybridized carbons (Fsp3) is 0.440. The molecule has 3 aromatic rings. The Morgan fingerprint density at radius 3 is 2.51 bits per heavy atom. The minimum Gasteiger partial charge on any atom is -0.465 e. The smallest absolute Gasteiger partial charge is 0.407 e. The highest BCUT2D eigenvalue weighted by molar-refractivity contribution is 5.95. The summed E-state index contributed by atoms with van der Waals surface area (Å²) in [5, 5.41) is 30.1. The Hall–Kier alpha value is -5.02. The molecule has 2 aromatic heterocycles. The van der Waals surface area contributed by atoms with Crippen molar-refractivity contribution in [1.29, 1.82) is 0 Å². The van der Waals surface area contributed by atoms with Crippen LogP contribution in [-0.2, 0) is 9.59 Å². The third-order valence-corrected chi connectivity index (χ3v) is 7.05. The predicted molar refractivity (Wildman–Crippen MR) is 140 cm³/mol. The SMILES string of the molecule is C[C@@H](Oc1cc(C(=O)NCC(=O)N2CCN(C(=O)O)CC2)nn1-c1ccccc1)C(=O)N1CCC[C@H]1c1nn[nH]n1. The average Bonchev–Trinajstić information content (AvgIpc) is 3.77. The van der Waals surface area contributed by atoms with Crippen LogP contribution in [0.4, 0.5) is 4.79 Å². The number of H-pyrrole nitrogens is 1. The molecule has 5 rings (SSSR count). The maximum Gasteiger partial charge on any atom is 0.407 e. The number of tetrazole rings is 1. The minimum absolute atomic E-state index is 0.00200. The van der Waals surface area contributed by atoms with Crippen molar-refractivity contribution in [1.82, 2.24) is 50.4 Å². The molecule has 0 unspecified atom stereocenters. The average molecular weight is 567 g/mol. The Bertz CT molecular complexity index is 1390. The number of likely N-dealkylation sites (tertiary alicyclic amines) is 1. The number of ether oxygens (including phenoxy) is 1. The zero-order valence-corrected chi connectivity index (χ0v) is 22.3. The fourth-order valence-corrected chi connectivity index (χ4v) is 4.89. The highest BCUT2D eigenvalue weighted by atomic mass is 16.5. The molecule has 2 aliphatic heterocycles. The fourth-order valence-electron chi connectivity index (χ4n) is 4.89. The van der Waals surface area contributed by atoms with Crippen LogP contribution in [0.15, 0.2) is 36.4 Å². The highest BCUT2D eigenvalue weighted by Crippen LogP contribution is 2.30. The maximum absolute atomic E-state index is 13.4. The van der Waals surface area contributed by atoms with Gasteiger partial charge >= 0.3 is 6.09 Å². The first-order chi connectivity index (χ1) is 19.8. The van der Waals surface area contributed by atoms with E-state index < -0.39 is 18.1 Å². The lowest BCUT2D eigenvalue weighted by Gasteiger charge is -2.33. The summed E-state index contributed by atoms with van der Waals surface area (Å²) in [7, 11) is 0. The highest BCUT2D eigenvalue weighted by Gasteiger charge is 2.36. The molecule has 2 aliphatic rings. The summed E-state index contributed by atoms with van der Waals surface area (Å²) in [6.07, 6.45) is -0.444. The molecule has 3 N–H and O–H groups in total. The molecule has 0 spiro atoms. The molecule has 0 radical (unpaired) electrons. The van der Waals surface area contributed by atoms with Gasteiger partial charge < -0.3 is 29.9 Å². The molecule has 41 heavy (non-hydrogen) atoms. The van der Waals surface area contributed by atoms with E-state index in [1.54, 1.807) is 36.1 Å². The number of carboxylic acid groups (broad SMARTS) is 1. The number of aromatic nitrogens is 6. The van der Waals surface area contributed by atoms with Gasteiger partial charge in [-0.25, -0.2) is 9.48 Å². The van der Waals surface area contributed by atoms with Gasteiger partial charge in [0.2, 0.25) is 11.8 Å². The van der Waals surface area contributed by atoms with Crippen LogP contribution in [0.2, 0.25) is 0 Å². The first kappa shape index (κ1) is 27.5. The predicted octanol–water partition coefficient (Wildman–Crippen LogP) is 0.0684. The molecule has 2 atom stereocenters. The standard InChI is InChI=1S/C25H30N10O6/c1-16(24(38)34-9-5-8-19(34)22-27-30-31-28-22)41-21-14-18(29-35(21)17-6-3-2-4-7-17)23(37)26-15-20(36)32-10-12-33(13-11-32)25(39)40/h2-4,6-7,14,16,19H,5,8-13,15H2,1H3,(H,26,37)(H,39,40)(H,27,28,30,31)/t16-,19+/m1/s1. The number of benzene rings is 1. The first-order valence-electron chi connectivity index (χ1n) is 13.2. The van der Waals surface area contributed by atoms with Gasteiger partial charge in [0.05, 0.1) is 18.3 Å². The van der Waals surface area contributed by atoms with Crippen molar-refractivity contribution in [2.24, 2.45) is 0 Å². The Labute approximate surface area is 234 Å². The topological polar surface area (TPSA) is 192 Å². The first-order valence-corrected chi connectivity index (χ1v) is 13.2. The molecule has 16 heteroatoms. The number of carbonyl (C=O) groups excluding carboxylic acids is 3. The number of hydrogen-bond donors (Lipinski definition) is 3. The molecule has 1 aromatic carbocycles. The maximum atomic E-state index is 13.4. The lowest BCUT2D eigenvalue weighted by molar-refractivity contribution is -0.139. The van der Waals surface area contributed by atoms with Crippen LogP contribution in [0, 0.1) is 0 Å². The van der Waals surface area contributed by atoms with Crippen molar-refractivity contribution in [3.05, 3.63) is 47.9 Å². The molecule has 4 heterocycles.